The monoisotopic (exact) mass is 418 g/mol. The summed E-state index contributed by atoms with van der Waals surface area (Å²) >= 11 is 2.68. The molecule has 0 aliphatic carbocycles. The molecule has 0 fully saturated rings. The lowest BCUT2D eigenvalue weighted by molar-refractivity contribution is 1.41. The van der Waals surface area contributed by atoms with E-state index < -0.39 is 0 Å². The highest BCUT2D eigenvalue weighted by Crippen LogP contribution is 2.32. The first-order valence-corrected chi connectivity index (χ1v) is 10.1. The van der Waals surface area contributed by atoms with Crippen molar-refractivity contribution in [2.75, 3.05) is 0 Å². The van der Waals surface area contributed by atoms with Crippen LogP contribution in [0.5, 0.6) is 0 Å². The molecule has 2 aromatic heterocycles. The highest BCUT2D eigenvalue weighted by molar-refractivity contribution is 7.18. The molecule has 0 spiro atoms. The topological polar surface area (TPSA) is 62.6 Å². The van der Waals surface area contributed by atoms with Gasteiger partial charge in [-0.05, 0) is 46.5 Å². The maximum absolute atomic E-state index is 9.16. The summed E-state index contributed by atoms with van der Waals surface area (Å²) in [6, 6.07) is 13.9. The van der Waals surface area contributed by atoms with Crippen molar-refractivity contribution < 1.29 is 0 Å². The van der Waals surface area contributed by atoms with E-state index in [-0.39, 0.29) is 11.5 Å². The number of rotatable bonds is 0. The van der Waals surface area contributed by atoms with E-state index >= 15 is 0 Å². The molecule has 0 atom stereocenters. The fourth-order valence-electron chi connectivity index (χ4n) is 3.32. The quantitative estimate of drug-likeness (QED) is 0.271. The Balaban J connectivity index is 1.87. The molecule has 0 saturated carbocycles. The second-order valence-corrected chi connectivity index (χ2v) is 8.34. The van der Waals surface area contributed by atoms with Gasteiger partial charge in [0.15, 0.2) is 0 Å². The van der Waals surface area contributed by atoms with Crippen LogP contribution in [0, 0.1) is 31.0 Å². The van der Waals surface area contributed by atoms with E-state index in [0.717, 1.165) is 42.0 Å². The summed E-state index contributed by atoms with van der Waals surface area (Å²) in [5, 5.41) is 13.2. The summed E-state index contributed by atoms with van der Waals surface area (Å²) in [5.74, 6) is -0.0198. The first-order chi connectivity index (χ1) is 14.6. The Morgan fingerprint density at radius 1 is 0.833 bits per heavy atom. The van der Waals surface area contributed by atoms with Crippen molar-refractivity contribution in [2.24, 2.45) is 0 Å². The summed E-state index contributed by atoms with van der Waals surface area (Å²) in [6.45, 7) is 21.5. The predicted molar refractivity (Wildman–Crippen MR) is 119 cm³/mol. The van der Waals surface area contributed by atoms with Crippen LogP contribution in [-0.4, -0.2) is 9.97 Å². The van der Waals surface area contributed by atoms with Crippen molar-refractivity contribution in [2.45, 2.75) is 0 Å². The Labute approximate surface area is 177 Å². The smallest absolute Gasteiger partial charge is 0.248 e. The molecule has 0 aliphatic heterocycles. The zero-order chi connectivity index (χ0) is 20.8. The lowest BCUT2D eigenvalue weighted by Gasteiger charge is -2.03. The number of fused-ring (bicyclic) bond motifs is 5. The highest BCUT2D eigenvalue weighted by Gasteiger charge is 2.12. The molecule has 0 aliphatic rings. The minimum Gasteiger partial charge on any atom is -0.248 e. The summed E-state index contributed by atoms with van der Waals surface area (Å²) in [7, 11) is 0. The minimum absolute atomic E-state index is 0.00398. The molecular formula is C22H6N6S2. The van der Waals surface area contributed by atoms with E-state index in [2.05, 4.69) is 36.6 Å². The van der Waals surface area contributed by atoms with Crippen molar-refractivity contribution in [3.63, 3.8) is 0 Å². The number of thiazole rings is 2. The van der Waals surface area contributed by atoms with Gasteiger partial charge in [-0.3, -0.25) is 0 Å². The van der Waals surface area contributed by atoms with Crippen molar-refractivity contribution in [3.8, 4) is 6.07 Å². The van der Waals surface area contributed by atoms with Crippen LogP contribution in [0.2, 0.25) is 0 Å². The lowest BCUT2D eigenvalue weighted by Crippen LogP contribution is -1.99. The van der Waals surface area contributed by atoms with E-state index in [1.165, 1.54) is 22.7 Å². The number of hydrogen-bond donors (Lipinski definition) is 0. The van der Waals surface area contributed by atoms with E-state index in [9.17, 15) is 0 Å². The Morgan fingerprint density at radius 2 is 1.60 bits per heavy atom. The van der Waals surface area contributed by atoms with Gasteiger partial charge in [-0.2, -0.15) is 9.69 Å². The van der Waals surface area contributed by atoms with Gasteiger partial charge in [-0.25, -0.2) is 20.1 Å². The SMILES string of the molecule is [C-]#[N+]C([N+]#[C-])=c1nc2cc3cc4ccc5n/c(=C(\C#N)[N+]#[C-])sc5c4cc3cc2s1. The maximum Gasteiger partial charge on any atom is 0.555 e. The number of benzene rings is 3. The Bertz CT molecular complexity index is 1810. The van der Waals surface area contributed by atoms with E-state index in [0.29, 0.717) is 9.33 Å². The van der Waals surface area contributed by atoms with Crippen molar-refractivity contribution >= 4 is 76.2 Å². The van der Waals surface area contributed by atoms with Crippen LogP contribution >= 0.6 is 22.7 Å². The van der Waals surface area contributed by atoms with Crippen LogP contribution in [0.1, 0.15) is 0 Å². The first-order valence-electron chi connectivity index (χ1n) is 8.50. The molecule has 5 aromatic rings. The molecule has 0 saturated heterocycles. The molecule has 0 unspecified atom stereocenters. The summed E-state index contributed by atoms with van der Waals surface area (Å²) in [6.07, 6.45) is 0. The van der Waals surface area contributed by atoms with Crippen molar-refractivity contribution in [1.82, 2.24) is 9.97 Å². The van der Waals surface area contributed by atoms with Crippen LogP contribution in [0.3, 0.4) is 0 Å². The number of aromatic nitrogens is 2. The van der Waals surface area contributed by atoms with Gasteiger partial charge < -0.3 is 0 Å². The van der Waals surface area contributed by atoms with Crippen molar-refractivity contribution in [3.05, 3.63) is 80.0 Å². The summed E-state index contributed by atoms with van der Waals surface area (Å²) < 4.78 is 2.71. The summed E-state index contributed by atoms with van der Waals surface area (Å²) in [5.41, 5.74) is 1.52. The van der Waals surface area contributed by atoms with Gasteiger partial charge >= 0.3 is 5.82 Å². The molecule has 30 heavy (non-hydrogen) atoms. The van der Waals surface area contributed by atoms with Gasteiger partial charge in [0.05, 0.1) is 33.1 Å². The van der Waals surface area contributed by atoms with E-state index in [1.807, 2.05) is 30.3 Å². The Hall–Kier alpha value is -4.34. The second kappa shape index (κ2) is 6.62. The van der Waals surface area contributed by atoms with E-state index in [4.69, 9.17) is 25.0 Å². The third-order valence-electron chi connectivity index (χ3n) is 4.66. The second-order valence-electron chi connectivity index (χ2n) is 6.31. The normalized spacial score (nSPS) is 11.7. The van der Waals surface area contributed by atoms with Crippen LogP contribution in [0.15, 0.2) is 36.4 Å². The molecule has 3 aromatic carbocycles. The first kappa shape index (κ1) is 17.7. The van der Waals surface area contributed by atoms with Crippen molar-refractivity contribution in [1.29, 1.82) is 5.26 Å². The largest absolute Gasteiger partial charge is 0.555 e. The molecule has 0 bridgehead atoms. The lowest BCUT2D eigenvalue weighted by atomic mass is 10.0. The maximum atomic E-state index is 9.16. The molecule has 8 heteroatoms. The standard InChI is InChI=1S/C22H6N6S2/c1-24-17(10-23)21-27-15-5-4-11-6-12-8-16-18(29-22(28-16)20(25-2)26-3)9-13(12)7-14(11)19(15)30-21/h4-9H/b21-17-. The van der Waals surface area contributed by atoms with Gasteiger partial charge in [0.1, 0.15) is 17.8 Å². The minimum atomic E-state index is -0.0198. The van der Waals surface area contributed by atoms with Gasteiger partial charge in [0.2, 0.25) is 4.66 Å². The fourth-order valence-corrected chi connectivity index (χ4v) is 5.28. The zero-order valence-electron chi connectivity index (χ0n) is 15.0. The van der Waals surface area contributed by atoms with Gasteiger partial charge in [-0.15, -0.1) is 22.7 Å². The third-order valence-corrected chi connectivity index (χ3v) is 6.78. The van der Waals surface area contributed by atoms with Crippen LogP contribution in [-0.2, 0) is 0 Å². The van der Waals surface area contributed by atoms with Crippen LogP contribution in [0.4, 0.5) is 0 Å². The Morgan fingerprint density at radius 3 is 2.33 bits per heavy atom. The van der Waals surface area contributed by atoms with Gasteiger partial charge in [-0.1, -0.05) is 6.07 Å². The molecule has 136 valence electrons. The molecule has 0 radical (unpaired) electrons. The molecule has 2 heterocycles. The van der Waals surface area contributed by atoms with Crippen LogP contribution in [0.25, 0.3) is 68.0 Å². The van der Waals surface area contributed by atoms with Gasteiger partial charge in [0.25, 0.3) is 5.70 Å². The number of nitriles is 1. The summed E-state index contributed by atoms with van der Waals surface area (Å²) in [4.78, 5) is 18.7. The number of nitrogens with zero attached hydrogens (tertiary/aromatic N) is 6. The van der Waals surface area contributed by atoms with E-state index in [1.54, 1.807) is 0 Å². The molecule has 0 N–H and O–H groups in total. The zero-order valence-corrected chi connectivity index (χ0v) is 16.6. The molecule has 5 rings (SSSR count). The average Bonchev–Trinajstić information content (AvgIpc) is 3.36. The molecule has 6 nitrogen and oxygen atoms in total. The molecule has 0 amide bonds. The highest BCUT2D eigenvalue weighted by atomic mass is 32.1. The average molecular weight is 418 g/mol. The van der Waals surface area contributed by atoms with Crippen LogP contribution < -0.4 is 9.33 Å². The number of hydrogen-bond acceptors (Lipinski definition) is 5. The predicted octanol–water partition coefficient (Wildman–Crippen LogP) is 4.67. The third kappa shape index (κ3) is 2.58. The fraction of sp³-hybridized carbons (Fsp3) is 0. The Kier molecular flexibility index (Phi) is 3.91. The molecular weight excluding hydrogens is 412 g/mol. The van der Waals surface area contributed by atoms with Gasteiger partial charge in [0, 0.05) is 5.39 Å².